The zero-order chi connectivity index (χ0) is 14.8. The van der Waals surface area contributed by atoms with E-state index in [2.05, 4.69) is 6.92 Å². The molecule has 0 unspecified atom stereocenters. The molecular weight excluding hydrogens is 262 g/mol. The average molecular weight is 277 g/mol. The molecule has 21 heavy (non-hydrogen) atoms. The Morgan fingerprint density at radius 3 is 2.62 bits per heavy atom. The number of furan rings is 1. The first kappa shape index (κ1) is 13.4. The maximum absolute atomic E-state index is 12.3. The standard InChI is InChI=1S/C18H15NO2/c1-12-9-16(12)17-8-7-15(21-17)10-14(11-19)18(20)13-5-3-2-4-6-13/h2-8,10,12,16H,9H2,1H3/b14-10+/t12-,16+/m1/s1. The first-order chi connectivity index (χ1) is 10.2. The van der Waals surface area contributed by atoms with Gasteiger partial charge < -0.3 is 4.42 Å². The Kier molecular flexibility index (Phi) is 3.45. The molecule has 0 saturated heterocycles. The first-order valence-corrected chi connectivity index (χ1v) is 7.00. The highest BCUT2D eigenvalue weighted by molar-refractivity contribution is 6.13. The third-order valence-corrected chi connectivity index (χ3v) is 3.81. The fraction of sp³-hybridized carbons (Fsp3) is 0.222. The number of hydrogen-bond acceptors (Lipinski definition) is 3. The minimum atomic E-state index is -0.282. The van der Waals surface area contributed by atoms with Gasteiger partial charge in [-0.15, -0.1) is 0 Å². The summed E-state index contributed by atoms with van der Waals surface area (Å²) < 4.78 is 5.72. The zero-order valence-corrected chi connectivity index (χ0v) is 11.7. The summed E-state index contributed by atoms with van der Waals surface area (Å²) >= 11 is 0. The van der Waals surface area contributed by atoms with Crippen molar-refractivity contribution in [1.82, 2.24) is 0 Å². The zero-order valence-electron chi connectivity index (χ0n) is 11.7. The van der Waals surface area contributed by atoms with Crippen molar-refractivity contribution in [3.63, 3.8) is 0 Å². The number of nitriles is 1. The van der Waals surface area contributed by atoms with E-state index in [-0.39, 0.29) is 11.4 Å². The molecule has 2 aromatic rings. The van der Waals surface area contributed by atoms with E-state index in [0.717, 1.165) is 12.2 Å². The lowest BCUT2D eigenvalue weighted by Crippen LogP contribution is -2.01. The summed E-state index contributed by atoms with van der Waals surface area (Å²) in [6.07, 6.45) is 2.66. The molecule has 0 N–H and O–H groups in total. The number of hydrogen-bond donors (Lipinski definition) is 0. The van der Waals surface area contributed by atoms with Gasteiger partial charge in [0.2, 0.25) is 5.78 Å². The van der Waals surface area contributed by atoms with Crippen molar-refractivity contribution in [3.05, 3.63) is 65.1 Å². The van der Waals surface area contributed by atoms with E-state index in [4.69, 9.17) is 4.42 Å². The van der Waals surface area contributed by atoms with Crippen LogP contribution in [-0.4, -0.2) is 5.78 Å². The second kappa shape index (κ2) is 5.41. The van der Waals surface area contributed by atoms with Gasteiger partial charge in [0.15, 0.2) is 0 Å². The second-order valence-electron chi connectivity index (χ2n) is 5.42. The van der Waals surface area contributed by atoms with Gasteiger partial charge in [-0.05, 0) is 24.5 Å². The predicted molar refractivity (Wildman–Crippen MR) is 79.6 cm³/mol. The summed E-state index contributed by atoms with van der Waals surface area (Å²) in [5.74, 6) is 2.37. The van der Waals surface area contributed by atoms with Crippen molar-refractivity contribution in [1.29, 1.82) is 5.26 Å². The molecule has 3 rings (SSSR count). The Balaban J connectivity index is 1.84. The van der Waals surface area contributed by atoms with E-state index in [1.54, 1.807) is 24.3 Å². The second-order valence-corrected chi connectivity index (χ2v) is 5.42. The van der Waals surface area contributed by atoms with Crippen LogP contribution in [0.4, 0.5) is 0 Å². The fourth-order valence-electron chi connectivity index (χ4n) is 2.40. The number of carbonyl (C=O) groups excluding carboxylic acids is 1. The van der Waals surface area contributed by atoms with E-state index >= 15 is 0 Å². The quantitative estimate of drug-likeness (QED) is 0.478. The Hall–Kier alpha value is -2.60. The first-order valence-electron chi connectivity index (χ1n) is 7.00. The molecule has 104 valence electrons. The minimum Gasteiger partial charge on any atom is -0.461 e. The van der Waals surface area contributed by atoms with Crippen molar-refractivity contribution in [2.75, 3.05) is 0 Å². The third kappa shape index (κ3) is 2.80. The molecule has 1 saturated carbocycles. The van der Waals surface area contributed by atoms with Gasteiger partial charge in [-0.2, -0.15) is 5.26 Å². The Labute approximate surface area is 123 Å². The summed E-state index contributed by atoms with van der Waals surface area (Å²) in [4.78, 5) is 12.3. The van der Waals surface area contributed by atoms with E-state index < -0.39 is 0 Å². The number of ketones is 1. The van der Waals surface area contributed by atoms with Crippen LogP contribution in [0.25, 0.3) is 6.08 Å². The van der Waals surface area contributed by atoms with Gasteiger partial charge in [0.25, 0.3) is 0 Å². The SMILES string of the molecule is C[C@@H]1C[C@@H]1c1ccc(/C=C(\C#N)C(=O)c2ccccc2)o1. The molecule has 1 aliphatic carbocycles. The van der Waals surface area contributed by atoms with Crippen molar-refractivity contribution in [2.24, 2.45) is 5.92 Å². The highest BCUT2D eigenvalue weighted by Crippen LogP contribution is 2.47. The number of Topliss-reactive ketones (excluding diaryl/α,β-unsaturated/α-hetero) is 1. The predicted octanol–water partition coefficient (Wildman–Crippen LogP) is 4.19. The van der Waals surface area contributed by atoms with Crippen LogP contribution in [0.15, 0.2) is 52.5 Å². The summed E-state index contributed by atoms with van der Waals surface area (Å²) in [7, 11) is 0. The molecule has 1 aromatic carbocycles. The number of rotatable bonds is 4. The molecule has 0 amide bonds. The van der Waals surface area contributed by atoms with Gasteiger partial charge in [0.1, 0.15) is 23.2 Å². The van der Waals surface area contributed by atoms with E-state index in [1.165, 1.54) is 6.08 Å². The van der Waals surface area contributed by atoms with Gasteiger partial charge in [-0.3, -0.25) is 4.79 Å². The minimum absolute atomic E-state index is 0.0888. The summed E-state index contributed by atoms with van der Waals surface area (Å²) in [5.41, 5.74) is 0.596. The van der Waals surface area contributed by atoms with Crippen LogP contribution in [0.1, 0.15) is 41.1 Å². The number of carbonyl (C=O) groups is 1. The Bertz CT molecular complexity index is 734. The van der Waals surface area contributed by atoms with Crippen LogP contribution in [0.5, 0.6) is 0 Å². The fourth-order valence-corrected chi connectivity index (χ4v) is 2.40. The number of nitrogens with zero attached hydrogens (tertiary/aromatic N) is 1. The van der Waals surface area contributed by atoms with Gasteiger partial charge >= 0.3 is 0 Å². The van der Waals surface area contributed by atoms with Crippen LogP contribution in [-0.2, 0) is 0 Å². The molecule has 1 fully saturated rings. The molecule has 1 heterocycles. The lowest BCUT2D eigenvalue weighted by molar-refractivity contribution is 0.104. The van der Waals surface area contributed by atoms with Crippen molar-refractivity contribution in [2.45, 2.75) is 19.3 Å². The summed E-state index contributed by atoms with van der Waals surface area (Å²) in [6.45, 7) is 2.18. The average Bonchev–Trinajstić information content (AvgIpc) is 3.07. The van der Waals surface area contributed by atoms with E-state index in [1.807, 2.05) is 24.3 Å². The molecule has 3 nitrogen and oxygen atoms in total. The van der Waals surface area contributed by atoms with Gasteiger partial charge in [0.05, 0.1) is 0 Å². The topological polar surface area (TPSA) is 54.0 Å². The van der Waals surface area contributed by atoms with Crippen molar-refractivity contribution in [3.8, 4) is 6.07 Å². The Morgan fingerprint density at radius 1 is 1.29 bits per heavy atom. The van der Waals surface area contributed by atoms with Crippen LogP contribution in [0.3, 0.4) is 0 Å². The smallest absolute Gasteiger partial charge is 0.203 e. The maximum atomic E-state index is 12.3. The van der Waals surface area contributed by atoms with Gasteiger partial charge in [0, 0.05) is 17.6 Å². The molecule has 0 radical (unpaired) electrons. The highest BCUT2D eigenvalue weighted by Gasteiger charge is 2.36. The maximum Gasteiger partial charge on any atom is 0.203 e. The normalized spacial score (nSPS) is 20.9. The van der Waals surface area contributed by atoms with Crippen LogP contribution >= 0.6 is 0 Å². The molecule has 0 aliphatic heterocycles. The largest absolute Gasteiger partial charge is 0.461 e. The molecule has 3 heteroatoms. The van der Waals surface area contributed by atoms with Crippen LogP contribution in [0, 0.1) is 17.2 Å². The van der Waals surface area contributed by atoms with Crippen molar-refractivity contribution < 1.29 is 9.21 Å². The molecule has 0 bridgehead atoms. The summed E-state index contributed by atoms with van der Waals surface area (Å²) in [5, 5.41) is 9.21. The molecule has 1 aliphatic rings. The van der Waals surface area contributed by atoms with E-state index in [9.17, 15) is 10.1 Å². The molecule has 0 spiro atoms. The lowest BCUT2D eigenvalue weighted by Gasteiger charge is -1.98. The lowest BCUT2D eigenvalue weighted by atomic mass is 10.0. The highest BCUT2D eigenvalue weighted by atomic mass is 16.3. The van der Waals surface area contributed by atoms with Gasteiger partial charge in [-0.25, -0.2) is 0 Å². The van der Waals surface area contributed by atoms with Crippen LogP contribution in [0.2, 0.25) is 0 Å². The molecular formula is C18H15NO2. The van der Waals surface area contributed by atoms with Crippen LogP contribution < -0.4 is 0 Å². The monoisotopic (exact) mass is 277 g/mol. The number of benzene rings is 1. The third-order valence-electron chi connectivity index (χ3n) is 3.81. The molecule has 1 aromatic heterocycles. The van der Waals surface area contributed by atoms with Gasteiger partial charge in [-0.1, -0.05) is 37.3 Å². The van der Waals surface area contributed by atoms with Crippen molar-refractivity contribution >= 4 is 11.9 Å². The number of allylic oxidation sites excluding steroid dienone is 1. The molecule has 2 atom stereocenters. The van der Waals surface area contributed by atoms with E-state index in [0.29, 0.717) is 23.2 Å². The summed E-state index contributed by atoms with van der Waals surface area (Å²) in [6, 6.07) is 14.5. The Morgan fingerprint density at radius 2 is 2.00 bits per heavy atom.